The molecule has 1 N–H and O–H groups in total. The average Bonchev–Trinajstić information content (AvgIpc) is 2.54. The molecule has 70 valence electrons. The van der Waals surface area contributed by atoms with Gasteiger partial charge >= 0.3 is 0 Å². The molecule has 3 nitrogen and oxygen atoms in total. The maximum atomic E-state index is 5.32. The van der Waals surface area contributed by atoms with Crippen LogP contribution in [-0.2, 0) is 4.74 Å². The third kappa shape index (κ3) is 1.79. The lowest BCUT2D eigenvalue weighted by molar-refractivity contribution is 0.0202. The Kier molecular flexibility index (Phi) is 2.63. The molecule has 2 unspecified atom stereocenters. The van der Waals surface area contributed by atoms with Gasteiger partial charge in [-0.25, -0.2) is 0 Å². The van der Waals surface area contributed by atoms with Gasteiger partial charge in [0.05, 0.1) is 13.2 Å². The maximum Gasteiger partial charge on any atom is 0.0594 e. The lowest BCUT2D eigenvalue weighted by Gasteiger charge is -2.31. The van der Waals surface area contributed by atoms with E-state index in [4.69, 9.17) is 4.74 Å². The zero-order valence-corrected chi connectivity index (χ0v) is 7.75. The van der Waals surface area contributed by atoms with Gasteiger partial charge in [0.15, 0.2) is 0 Å². The number of nitrogens with zero attached hydrogens (tertiary/aromatic N) is 1. The SMILES string of the molecule is CC1CC(N2CCOCC2)CN1. The van der Waals surface area contributed by atoms with E-state index in [1.807, 2.05) is 0 Å². The first-order valence-electron chi connectivity index (χ1n) is 4.91. The van der Waals surface area contributed by atoms with Crippen LogP contribution in [0.5, 0.6) is 0 Å². The molecule has 0 aromatic carbocycles. The standard InChI is InChI=1S/C9H18N2O/c1-8-6-9(7-10-8)11-2-4-12-5-3-11/h8-10H,2-7H2,1H3. The summed E-state index contributed by atoms with van der Waals surface area (Å²) in [6, 6.07) is 1.47. The van der Waals surface area contributed by atoms with Crippen LogP contribution < -0.4 is 5.32 Å². The Morgan fingerprint density at radius 1 is 1.33 bits per heavy atom. The monoisotopic (exact) mass is 170 g/mol. The molecular weight excluding hydrogens is 152 g/mol. The van der Waals surface area contributed by atoms with Crippen LogP contribution in [0.1, 0.15) is 13.3 Å². The molecular formula is C9H18N2O. The number of hydrogen-bond acceptors (Lipinski definition) is 3. The van der Waals surface area contributed by atoms with Gasteiger partial charge in [-0.3, -0.25) is 4.90 Å². The lowest BCUT2D eigenvalue weighted by Crippen LogP contribution is -2.44. The van der Waals surface area contributed by atoms with E-state index < -0.39 is 0 Å². The summed E-state index contributed by atoms with van der Waals surface area (Å²) in [6.07, 6.45) is 1.31. The van der Waals surface area contributed by atoms with Gasteiger partial charge in [-0.2, -0.15) is 0 Å². The van der Waals surface area contributed by atoms with Crippen molar-refractivity contribution in [2.45, 2.75) is 25.4 Å². The number of nitrogens with one attached hydrogen (secondary N) is 1. The maximum absolute atomic E-state index is 5.32. The summed E-state index contributed by atoms with van der Waals surface area (Å²) >= 11 is 0. The van der Waals surface area contributed by atoms with Crippen molar-refractivity contribution in [2.75, 3.05) is 32.8 Å². The van der Waals surface area contributed by atoms with Gasteiger partial charge in [0, 0.05) is 31.7 Å². The van der Waals surface area contributed by atoms with E-state index in [-0.39, 0.29) is 0 Å². The third-order valence-electron chi connectivity index (χ3n) is 2.89. The van der Waals surface area contributed by atoms with E-state index in [1.165, 1.54) is 13.0 Å². The van der Waals surface area contributed by atoms with E-state index >= 15 is 0 Å². The van der Waals surface area contributed by atoms with Crippen molar-refractivity contribution in [3.05, 3.63) is 0 Å². The van der Waals surface area contributed by atoms with Gasteiger partial charge in [0.25, 0.3) is 0 Å². The molecule has 2 heterocycles. The second-order valence-corrected chi connectivity index (χ2v) is 3.85. The predicted octanol–water partition coefficient (Wildman–Crippen LogP) is 0.0690. The Morgan fingerprint density at radius 3 is 2.67 bits per heavy atom. The van der Waals surface area contributed by atoms with Crippen LogP contribution in [0.2, 0.25) is 0 Å². The molecule has 0 aromatic heterocycles. The van der Waals surface area contributed by atoms with Crippen molar-refractivity contribution in [1.29, 1.82) is 0 Å². The van der Waals surface area contributed by atoms with Crippen LogP contribution in [0.3, 0.4) is 0 Å². The highest BCUT2D eigenvalue weighted by Crippen LogP contribution is 2.14. The number of rotatable bonds is 1. The summed E-state index contributed by atoms with van der Waals surface area (Å²) in [6.45, 7) is 7.52. The minimum absolute atomic E-state index is 0.706. The van der Waals surface area contributed by atoms with Crippen molar-refractivity contribution in [3.63, 3.8) is 0 Å². The smallest absolute Gasteiger partial charge is 0.0594 e. The van der Waals surface area contributed by atoms with Gasteiger partial charge in [0.2, 0.25) is 0 Å². The van der Waals surface area contributed by atoms with Crippen LogP contribution in [0.25, 0.3) is 0 Å². The summed E-state index contributed by atoms with van der Waals surface area (Å²) in [4.78, 5) is 2.56. The number of hydrogen-bond donors (Lipinski definition) is 1. The minimum atomic E-state index is 0.706. The van der Waals surface area contributed by atoms with Gasteiger partial charge in [-0.05, 0) is 13.3 Å². The molecule has 0 bridgehead atoms. The molecule has 0 saturated carbocycles. The van der Waals surface area contributed by atoms with Crippen LogP contribution in [0, 0.1) is 0 Å². The Hall–Kier alpha value is -0.120. The third-order valence-corrected chi connectivity index (χ3v) is 2.89. The summed E-state index contributed by atoms with van der Waals surface area (Å²) in [7, 11) is 0. The Labute approximate surface area is 74.1 Å². The Balaban J connectivity index is 1.83. The zero-order valence-electron chi connectivity index (χ0n) is 7.75. The second-order valence-electron chi connectivity index (χ2n) is 3.85. The molecule has 2 aliphatic heterocycles. The highest BCUT2D eigenvalue weighted by Gasteiger charge is 2.27. The van der Waals surface area contributed by atoms with Crippen molar-refractivity contribution in [2.24, 2.45) is 0 Å². The van der Waals surface area contributed by atoms with Gasteiger partial charge < -0.3 is 10.1 Å². The predicted molar refractivity (Wildman–Crippen MR) is 48.3 cm³/mol. The highest BCUT2D eigenvalue weighted by atomic mass is 16.5. The number of morpholine rings is 1. The number of ether oxygens (including phenoxy) is 1. The van der Waals surface area contributed by atoms with Crippen molar-refractivity contribution in [1.82, 2.24) is 10.2 Å². The fourth-order valence-electron chi connectivity index (χ4n) is 2.13. The average molecular weight is 170 g/mol. The molecule has 0 radical (unpaired) electrons. The van der Waals surface area contributed by atoms with Crippen LogP contribution in [0.15, 0.2) is 0 Å². The Morgan fingerprint density at radius 2 is 2.08 bits per heavy atom. The summed E-state index contributed by atoms with van der Waals surface area (Å²) in [5.41, 5.74) is 0. The molecule has 0 amide bonds. The van der Waals surface area contributed by atoms with Gasteiger partial charge in [-0.15, -0.1) is 0 Å². The lowest BCUT2D eigenvalue weighted by atomic mass is 10.1. The van der Waals surface area contributed by atoms with E-state index in [1.54, 1.807) is 0 Å². The second kappa shape index (κ2) is 3.73. The first-order chi connectivity index (χ1) is 5.86. The van der Waals surface area contributed by atoms with Crippen LogP contribution in [0.4, 0.5) is 0 Å². The van der Waals surface area contributed by atoms with Gasteiger partial charge in [-0.1, -0.05) is 0 Å². The summed E-state index contributed by atoms with van der Waals surface area (Å²) < 4.78 is 5.32. The molecule has 0 aliphatic carbocycles. The summed E-state index contributed by atoms with van der Waals surface area (Å²) in [5, 5.41) is 3.48. The van der Waals surface area contributed by atoms with E-state index in [9.17, 15) is 0 Å². The van der Waals surface area contributed by atoms with Crippen molar-refractivity contribution >= 4 is 0 Å². The fourth-order valence-corrected chi connectivity index (χ4v) is 2.13. The topological polar surface area (TPSA) is 24.5 Å². The molecule has 2 aliphatic rings. The molecule has 2 atom stereocenters. The normalized spacial score (nSPS) is 38.8. The zero-order chi connectivity index (χ0) is 8.39. The van der Waals surface area contributed by atoms with E-state index in [0.29, 0.717) is 6.04 Å². The highest BCUT2D eigenvalue weighted by molar-refractivity contribution is 4.86. The first kappa shape index (κ1) is 8.48. The van der Waals surface area contributed by atoms with Gasteiger partial charge in [0.1, 0.15) is 0 Å². The molecule has 2 fully saturated rings. The molecule has 2 rings (SSSR count). The van der Waals surface area contributed by atoms with Crippen molar-refractivity contribution < 1.29 is 4.74 Å². The quantitative estimate of drug-likeness (QED) is 0.602. The molecule has 0 spiro atoms. The Bertz CT molecular complexity index is 143. The minimum Gasteiger partial charge on any atom is -0.379 e. The van der Waals surface area contributed by atoms with E-state index in [0.717, 1.165) is 32.3 Å². The fraction of sp³-hybridized carbons (Fsp3) is 1.00. The van der Waals surface area contributed by atoms with Crippen LogP contribution >= 0.6 is 0 Å². The summed E-state index contributed by atoms with van der Waals surface area (Å²) in [5.74, 6) is 0. The van der Waals surface area contributed by atoms with Crippen LogP contribution in [-0.4, -0.2) is 49.8 Å². The van der Waals surface area contributed by atoms with Crippen molar-refractivity contribution in [3.8, 4) is 0 Å². The molecule has 2 saturated heterocycles. The molecule has 0 aromatic rings. The largest absolute Gasteiger partial charge is 0.379 e. The first-order valence-corrected chi connectivity index (χ1v) is 4.91. The molecule has 3 heteroatoms. The molecule has 12 heavy (non-hydrogen) atoms. The van der Waals surface area contributed by atoms with E-state index in [2.05, 4.69) is 17.1 Å².